The molecule has 0 aliphatic carbocycles. The maximum Gasteiger partial charge on any atom is 0.264 e. The molecule has 0 spiro atoms. The van der Waals surface area contributed by atoms with E-state index in [2.05, 4.69) is 26.5 Å². The quantitative estimate of drug-likeness (QED) is 0.288. The van der Waals surface area contributed by atoms with Crippen LogP contribution in [0, 0.1) is 6.92 Å². The van der Waals surface area contributed by atoms with Gasteiger partial charge in [-0.15, -0.1) is 0 Å². The summed E-state index contributed by atoms with van der Waals surface area (Å²) in [5, 5.41) is 3.98. The third kappa shape index (κ3) is 6.35. The highest BCUT2D eigenvalue weighted by atomic mass is 79.9. The number of hydrogen-bond donors (Lipinski definition) is 1. The molecule has 0 fully saturated rings. The Labute approximate surface area is 218 Å². The van der Waals surface area contributed by atoms with Gasteiger partial charge in [-0.25, -0.2) is 13.8 Å². The fourth-order valence-corrected chi connectivity index (χ4v) is 5.08. The SMILES string of the molecule is COc1ccc(OC)c(N(CC(=O)N/N=C\c2cc(Br)ccc2OC)S(=O)(=O)c2ccc(C)cc2)c1. The summed E-state index contributed by atoms with van der Waals surface area (Å²) >= 11 is 3.38. The summed E-state index contributed by atoms with van der Waals surface area (Å²) in [6, 6.07) is 16.4. The fourth-order valence-electron chi connectivity index (χ4n) is 3.27. The Kier molecular flexibility index (Phi) is 8.94. The van der Waals surface area contributed by atoms with Crippen LogP contribution in [0.4, 0.5) is 5.69 Å². The first-order valence-electron chi connectivity index (χ1n) is 10.7. The van der Waals surface area contributed by atoms with E-state index < -0.39 is 22.5 Å². The number of aryl methyl sites for hydroxylation is 1. The number of halogens is 1. The maximum absolute atomic E-state index is 13.7. The van der Waals surface area contributed by atoms with Crippen molar-refractivity contribution in [1.82, 2.24) is 5.43 Å². The van der Waals surface area contributed by atoms with Crippen molar-refractivity contribution in [2.75, 3.05) is 32.2 Å². The first-order chi connectivity index (χ1) is 17.2. The second-order valence-corrected chi connectivity index (χ2v) is 10.3. The highest BCUT2D eigenvalue weighted by Gasteiger charge is 2.30. The average Bonchev–Trinajstić information content (AvgIpc) is 2.87. The average molecular weight is 576 g/mol. The monoisotopic (exact) mass is 575 g/mol. The number of benzene rings is 3. The van der Waals surface area contributed by atoms with E-state index in [1.165, 1.54) is 45.7 Å². The number of nitrogens with zero attached hydrogens (tertiary/aromatic N) is 2. The summed E-state index contributed by atoms with van der Waals surface area (Å²) in [6.45, 7) is 1.29. The molecule has 1 N–H and O–H groups in total. The molecule has 0 radical (unpaired) electrons. The predicted molar refractivity (Wildman–Crippen MR) is 142 cm³/mol. The van der Waals surface area contributed by atoms with Crippen LogP contribution in [-0.4, -0.2) is 48.4 Å². The van der Waals surface area contributed by atoms with Gasteiger partial charge in [-0.2, -0.15) is 5.10 Å². The van der Waals surface area contributed by atoms with Crippen LogP contribution in [0.5, 0.6) is 17.2 Å². The summed E-state index contributed by atoms with van der Waals surface area (Å²) in [7, 11) is 0.239. The van der Waals surface area contributed by atoms with Gasteiger partial charge in [0.15, 0.2) is 0 Å². The minimum atomic E-state index is -4.16. The van der Waals surface area contributed by atoms with Gasteiger partial charge in [0, 0.05) is 16.1 Å². The molecule has 3 rings (SSSR count). The standard InChI is InChI=1S/C25H26BrN3O6S/c1-17-5-9-21(10-6-17)36(31,32)29(22-14-20(33-2)8-12-24(22)35-4)16-25(30)28-27-15-18-13-19(26)7-11-23(18)34-3/h5-15H,16H2,1-4H3,(H,28,30)/b27-15-. The van der Waals surface area contributed by atoms with Crippen molar-refractivity contribution in [3.8, 4) is 17.2 Å². The van der Waals surface area contributed by atoms with Crippen molar-refractivity contribution in [1.29, 1.82) is 0 Å². The van der Waals surface area contributed by atoms with Gasteiger partial charge < -0.3 is 14.2 Å². The molecule has 0 aliphatic heterocycles. The van der Waals surface area contributed by atoms with Crippen LogP contribution in [0.1, 0.15) is 11.1 Å². The predicted octanol–water partition coefficient (Wildman–Crippen LogP) is 4.13. The van der Waals surface area contributed by atoms with E-state index in [0.29, 0.717) is 17.1 Å². The summed E-state index contributed by atoms with van der Waals surface area (Å²) < 4.78 is 45.0. The molecule has 0 unspecified atom stereocenters. The first kappa shape index (κ1) is 27.0. The lowest BCUT2D eigenvalue weighted by Crippen LogP contribution is -2.39. The zero-order chi connectivity index (χ0) is 26.3. The molecule has 0 saturated heterocycles. The Hall–Kier alpha value is -3.57. The molecular weight excluding hydrogens is 550 g/mol. The minimum absolute atomic E-state index is 0.0214. The number of hydrogen-bond acceptors (Lipinski definition) is 7. The Balaban J connectivity index is 1.95. The smallest absolute Gasteiger partial charge is 0.264 e. The number of sulfonamides is 1. The van der Waals surface area contributed by atoms with Crippen molar-refractivity contribution in [3.05, 3.63) is 76.3 Å². The van der Waals surface area contributed by atoms with E-state index in [-0.39, 0.29) is 16.3 Å². The molecular formula is C25H26BrN3O6S. The van der Waals surface area contributed by atoms with Crippen LogP contribution in [0.3, 0.4) is 0 Å². The lowest BCUT2D eigenvalue weighted by Gasteiger charge is -2.25. The van der Waals surface area contributed by atoms with E-state index in [4.69, 9.17) is 14.2 Å². The van der Waals surface area contributed by atoms with E-state index in [1.54, 1.807) is 36.4 Å². The summed E-state index contributed by atoms with van der Waals surface area (Å²) in [4.78, 5) is 12.9. The van der Waals surface area contributed by atoms with E-state index >= 15 is 0 Å². The minimum Gasteiger partial charge on any atom is -0.497 e. The van der Waals surface area contributed by atoms with Crippen molar-refractivity contribution < 1.29 is 27.4 Å². The molecule has 0 heterocycles. The van der Waals surface area contributed by atoms with Gasteiger partial charge in [-0.3, -0.25) is 9.10 Å². The highest BCUT2D eigenvalue weighted by molar-refractivity contribution is 9.10. The third-order valence-electron chi connectivity index (χ3n) is 5.14. The zero-order valence-corrected chi connectivity index (χ0v) is 22.6. The number of hydrazone groups is 1. The van der Waals surface area contributed by atoms with Gasteiger partial charge in [0.25, 0.3) is 15.9 Å². The molecule has 0 aliphatic rings. The number of anilines is 1. The van der Waals surface area contributed by atoms with Crippen LogP contribution in [0.25, 0.3) is 0 Å². The Bertz CT molecular complexity index is 1360. The maximum atomic E-state index is 13.7. The number of methoxy groups -OCH3 is 3. The van der Waals surface area contributed by atoms with Gasteiger partial charge in [-0.1, -0.05) is 33.6 Å². The van der Waals surface area contributed by atoms with E-state index in [1.807, 2.05) is 13.0 Å². The molecule has 9 nitrogen and oxygen atoms in total. The first-order valence-corrected chi connectivity index (χ1v) is 12.9. The number of ether oxygens (including phenoxy) is 3. The largest absolute Gasteiger partial charge is 0.497 e. The van der Waals surface area contributed by atoms with Crippen molar-refractivity contribution in [2.24, 2.45) is 5.10 Å². The Morgan fingerprint density at radius 3 is 2.28 bits per heavy atom. The number of carbonyl (C=O) groups is 1. The Morgan fingerprint density at radius 2 is 1.64 bits per heavy atom. The molecule has 3 aromatic carbocycles. The van der Waals surface area contributed by atoms with Gasteiger partial charge in [0.1, 0.15) is 23.8 Å². The van der Waals surface area contributed by atoms with E-state index in [0.717, 1.165) is 14.3 Å². The summed E-state index contributed by atoms with van der Waals surface area (Å²) in [5.41, 5.74) is 4.04. The summed E-state index contributed by atoms with van der Waals surface area (Å²) in [5.74, 6) is 0.540. The van der Waals surface area contributed by atoms with Crippen LogP contribution in [0.2, 0.25) is 0 Å². The molecule has 36 heavy (non-hydrogen) atoms. The molecule has 0 saturated carbocycles. The van der Waals surface area contributed by atoms with E-state index in [9.17, 15) is 13.2 Å². The number of rotatable bonds is 10. The van der Waals surface area contributed by atoms with Crippen molar-refractivity contribution in [3.63, 3.8) is 0 Å². The van der Waals surface area contributed by atoms with Crippen LogP contribution < -0.4 is 23.9 Å². The highest BCUT2D eigenvalue weighted by Crippen LogP contribution is 2.35. The number of nitrogens with one attached hydrogen (secondary N) is 1. The molecule has 0 bridgehead atoms. The normalized spacial score (nSPS) is 11.2. The summed E-state index contributed by atoms with van der Waals surface area (Å²) in [6.07, 6.45) is 1.41. The number of amides is 1. The van der Waals surface area contributed by atoms with Gasteiger partial charge in [0.05, 0.1) is 38.1 Å². The molecule has 1 amide bonds. The second-order valence-electron chi connectivity index (χ2n) is 7.54. The number of carbonyl (C=O) groups excluding carboxylic acids is 1. The topological polar surface area (TPSA) is 107 Å². The molecule has 0 aromatic heterocycles. The fraction of sp³-hybridized carbons (Fsp3) is 0.200. The van der Waals surface area contributed by atoms with Crippen LogP contribution >= 0.6 is 15.9 Å². The zero-order valence-electron chi connectivity index (χ0n) is 20.2. The Morgan fingerprint density at radius 1 is 0.972 bits per heavy atom. The van der Waals surface area contributed by atoms with Crippen molar-refractivity contribution >= 4 is 43.8 Å². The molecule has 11 heteroatoms. The lowest BCUT2D eigenvalue weighted by atomic mass is 10.2. The molecule has 3 aromatic rings. The lowest BCUT2D eigenvalue weighted by molar-refractivity contribution is -0.119. The second kappa shape index (κ2) is 11.9. The van der Waals surface area contributed by atoms with Crippen LogP contribution in [0.15, 0.2) is 75.1 Å². The third-order valence-corrected chi connectivity index (χ3v) is 7.40. The molecule has 190 valence electrons. The van der Waals surface area contributed by atoms with Gasteiger partial charge in [0.2, 0.25) is 0 Å². The van der Waals surface area contributed by atoms with Crippen LogP contribution in [-0.2, 0) is 14.8 Å². The van der Waals surface area contributed by atoms with Gasteiger partial charge >= 0.3 is 0 Å². The van der Waals surface area contributed by atoms with Crippen molar-refractivity contribution in [2.45, 2.75) is 11.8 Å². The molecule has 0 atom stereocenters. The van der Waals surface area contributed by atoms with Gasteiger partial charge in [-0.05, 0) is 49.4 Å².